The first-order valence-electron chi connectivity index (χ1n) is 11.3. The Balaban J connectivity index is 1.46. The van der Waals surface area contributed by atoms with Crippen molar-refractivity contribution in [2.45, 2.75) is 32.5 Å². The molecule has 0 bridgehead atoms. The molecule has 2 aliphatic rings. The highest BCUT2D eigenvalue weighted by Crippen LogP contribution is 2.35. The number of hydrogen-bond donors (Lipinski definition) is 2. The smallest absolute Gasteiger partial charge is 0.433 e. The first-order chi connectivity index (χ1) is 16.9. The number of benzene rings is 1. The molecule has 0 amide bonds. The number of pyridine rings is 1. The van der Waals surface area contributed by atoms with E-state index in [-0.39, 0.29) is 5.52 Å². The van der Waals surface area contributed by atoms with Crippen molar-refractivity contribution < 1.29 is 23.0 Å². The minimum absolute atomic E-state index is 0.0849. The van der Waals surface area contributed by atoms with Gasteiger partial charge in [0.2, 0.25) is 0 Å². The Bertz CT molecular complexity index is 1410. The van der Waals surface area contributed by atoms with E-state index < -0.39 is 17.5 Å². The number of hydrogen-bond acceptors (Lipinski definition) is 8. The Hall–Kier alpha value is -3.86. The van der Waals surface area contributed by atoms with Gasteiger partial charge in [-0.15, -0.1) is 0 Å². The molecule has 1 aromatic carbocycles. The molecule has 0 unspecified atom stereocenters. The third-order valence-corrected chi connectivity index (χ3v) is 6.06. The topological polar surface area (TPSA) is 86.6 Å². The van der Waals surface area contributed by atoms with Crippen LogP contribution >= 0.6 is 0 Å². The van der Waals surface area contributed by atoms with Crippen LogP contribution in [-0.2, 0) is 10.9 Å². The van der Waals surface area contributed by atoms with Crippen LogP contribution in [0.4, 0.5) is 18.9 Å². The summed E-state index contributed by atoms with van der Waals surface area (Å²) in [4.78, 5) is 14.4. The number of rotatable bonds is 3. The molecule has 0 fully saturated rings. The fraction of sp³-hybridized carbons (Fsp3) is 0.320. The van der Waals surface area contributed by atoms with E-state index in [9.17, 15) is 18.3 Å². The molecule has 0 spiro atoms. The van der Waals surface area contributed by atoms with Crippen LogP contribution in [0.3, 0.4) is 0 Å². The van der Waals surface area contributed by atoms with Crippen molar-refractivity contribution in [3.05, 3.63) is 71.1 Å². The molecular formula is C25H25F3N6O2. The van der Waals surface area contributed by atoms with Crippen LogP contribution in [0, 0.1) is 6.92 Å². The Morgan fingerprint density at radius 3 is 2.56 bits per heavy atom. The number of halogens is 3. The molecule has 3 aromatic rings. The van der Waals surface area contributed by atoms with Gasteiger partial charge < -0.3 is 14.7 Å². The SMILES string of the molecule is Cc1cc(-c2ncc3nc(C(F)(F)F)ccc3n2)ccc1N1C=C2C(=C(C(C)(C)O)NN2C)OCC1. The monoisotopic (exact) mass is 498 g/mol. The molecule has 11 heteroatoms. The second-order valence-corrected chi connectivity index (χ2v) is 9.28. The Morgan fingerprint density at radius 1 is 1.08 bits per heavy atom. The number of ether oxygens (including phenoxy) is 1. The van der Waals surface area contributed by atoms with E-state index in [1.165, 1.54) is 12.3 Å². The van der Waals surface area contributed by atoms with Crippen molar-refractivity contribution in [1.82, 2.24) is 25.4 Å². The number of fused-ring (bicyclic) bond motifs is 2. The van der Waals surface area contributed by atoms with Gasteiger partial charge in [0, 0.05) is 24.5 Å². The lowest BCUT2D eigenvalue weighted by atomic mass is 10.0. The normalized spacial score (nSPS) is 16.5. The standard InChI is InChI=1S/C25H25F3N6O2/c1-14-11-15(23-29-12-17-16(31-23)6-8-20(30-17)25(26,27)28)5-7-18(14)34-9-10-36-21-19(13-34)33(4)32-22(21)24(2,3)35/h5-8,11-13,32,35H,9-10H2,1-4H3. The van der Waals surface area contributed by atoms with Crippen molar-refractivity contribution in [3.63, 3.8) is 0 Å². The molecule has 188 valence electrons. The minimum Gasteiger partial charge on any atom is -0.487 e. The van der Waals surface area contributed by atoms with Gasteiger partial charge in [0.05, 0.1) is 18.3 Å². The van der Waals surface area contributed by atoms with Gasteiger partial charge in [0.1, 0.15) is 34.8 Å². The van der Waals surface area contributed by atoms with E-state index in [1.54, 1.807) is 13.8 Å². The van der Waals surface area contributed by atoms with E-state index >= 15 is 0 Å². The lowest BCUT2D eigenvalue weighted by molar-refractivity contribution is -0.140. The van der Waals surface area contributed by atoms with Crippen LogP contribution in [0.15, 0.2) is 59.9 Å². The summed E-state index contributed by atoms with van der Waals surface area (Å²) in [6.07, 6.45) is -1.24. The summed E-state index contributed by atoms with van der Waals surface area (Å²) in [5.74, 6) is 1.02. The average molecular weight is 499 g/mol. The second kappa shape index (κ2) is 8.37. The maximum Gasteiger partial charge on any atom is 0.433 e. The van der Waals surface area contributed by atoms with Gasteiger partial charge in [-0.1, -0.05) is 0 Å². The van der Waals surface area contributed by atoms with Gasteiger partial charge in [-0.3, -0.25) is 10.4 Å². The van der Waals surface area contributed by atoms with Crippen molar-refractivity contribution >= 4 is 16.7 Å². The molecule has 0 aliphatic carbocycles. The molecule has 2 N–H and O–H groups in total. The summed E-state index contributed by atoms with van der Waals surface area (Å²) in [5.41, 5.74) is 5.59. The number of likely N-dealkylation sites (N-methyl/N-ethyl adjacent to an activating group) is 1. The van der Waals surface area contributed by atoms with E-state index in [4.69, 9.17) is 4.74 Å². The van der Waals surface area contributed by atoms with E-state index in [2.05, 4.69) is 25.3 Å². The summed E-state index contributed by atoms with van der Waals surface area (Å²) < 4.78 is 44.8. The quantitative estimate of drug-likeness (QED) is 0.558. The first kappa shape index (κ1) is 23.9. The maximum absolute atomic E-state index is 12.9. The Labute approximate surface area is 205 Å². The summed E-state index contributed by atoms with van der Waals surface area (Å²) in [5, 5.41) is 12.3. The van der Waals surface area contributed by atoms with E-state index in [1.807, 2.05) is 43.4 Å². The number of hydrazine groups is 1. The zero-order chi connectivity index (χ0) is 25.8. The van der Waals surface area contributed by atoms with Gasteiger partial charge in [-0.2, -0.15) is 13.2 Å². The van der Waals surface area contributed by atoms with Crippen LogP contribution in [0.2, 0.25) is 0 Å². The van der Waals surface area contributed by atoms with Crippen molar-refractivity contribution in [1.29, 1.82) is 0 Å². The predicted molar refractivity (Wildman–Crippen MR) is 128 cm³/mol. The highest BCUT2D eigenvalue weighted by molar-refractivity contribution is 5.76. The number of nitrogens with one attached hydrogen (secondary N) is 1. The zero-order valence-electron chi connectivity index (χ0n) is 20.2. The largest absolute Gasteiger partial charge is 0.487 e. The molecule has 8 nitrogen and oxygen atoms in total. The van der Waals surface area contributed by atoms with Crippen LogP contribution in [-0.4, -0.2) is 50.9 Å². The van der Waals surface area contributed by atoms with Crippen LogP contribution in [0.25, 0.3) is 22.4 Å². The lowest BCUT2D eigenvalue weighted by Crippen LogP contribution is -2.36. The highest BCUT2D eigenvalue weighted by atomic mass is 19.4. The molecule has 4 heterocycles. The van der Waals surface area contributed by atoms with Gasteiger partial charge in [0.15, 0.2) is 11.6 Å². The maximum atomic E-state index is 12.9. The molecule has 0 saturated heterocycles. The number of aliphatic hydroxyl groups is 1. The molecule has 2 aromatic heterocycles. The zero-order valence-corrected chi connectivity index (χ0v) is 20.2. The summed E-state index contributed by atoms with van der Waals surface area (Å²) >= 11 is 0. The summed E-state index contributed by atoms with van der Waals surface area (Å²) in [7, 11) is 1.86. The van der Waals surface area contributed by atoms with Crippen molar-refractivity contribution in [2.75, 3.05) is 25.1 Å². The Kier molecular flexibility index (Phi) is 5.55. The third-order valence-electron chi connectivity index (χ3n) is 6.06. The summed E-state index contributed by atoms with van der Waals surface area (Å²) in [6, 6.07) is 7.99. The number of anilines is 1. The van der Waals surface area contributed by atoms with Gasteiger partial charge >= 0.3 is 6.18 Å². The second-order valence-electron chi connectivity index (χ2n) is 9.28. The van der Waals surface area contributed by atoms with Crippen LogP contribution in [0.5, 0.6) is 0 Å². The van der Waals surface area contributed by atoms with Gasteiger partial charge in [-0.25, -0.2) is 15.0 Å². The van der Waals surface area contributed by atoms with Crippen LogP contribution < -0.4 is 10.3 Å². The minimum atomic E-state index is -4.52. The average Bonchev–Trinajstić information content (AvgIpc) is 2.99. The first-order valence-corrected chi connectivity index (χ1v) is 11.3. The molecule has 5 rings (SSSR count). The highest BCUT2D eigenvalue weighted by Gasteiger charge is 2.36. The van der Waals surface area contributed by atoms with Gasteiger partial charge in [0.25, 0.3) is 0 Å². The van der Waals surface area contributed by atoms with E-state index in [0.717, 1.165) is 28.6 Å². The summed E-state index contributed by atoms with van der Waals surface area (Å²) in [6.45, 7) is 6.39. The fourth-order valence-electron chi connectivity index (χ4n) is 4.25. The number of aromatic nitrogens is 3. The molecule has 0 saturated carbocycles. The number of nitrogens with zero attached hydrogens (tertiary/aromatic N) is 5. The predicted octanol–water partition coefficient (Wildman–Crippen LogP) is 4.13. The molecule has 2 aliphatic heterocycles. The molecule has 36 heavy (non-hydrogen) atoms. The van der Waals surface area contributed by atoms with Crippen LogP contribution in [0.1, 0.15) is 25.1 Å². The van der Waals surface area contributed by atoms with Gasteiger partial charge in [-0.05, 0) is 56.7 Å². The molecule has 0 radical (unpaired) electrons. The molecular weight excluding hydrogens is 473 g/mol. The fourth-order valence-corrected chi connectivity index (χ4v) is 4.25. The van der Waals surface area contributed by atoms with Crippen molar-refractivity contribution in [3.8, 4) is 11.4 Å². The number of alkyl halides is 3. The lowest BCUT2D eigenvalue weighted by Gasteiger charge is -2.24. The van der Waals surface area contributed by atoms with E-state index in [0.29, 0.717) is 35.9 Å². The number of aryl methyl sites for hydroxylation is 1. The molecule has 0 atom stereocenters. The van der Waals surface area contributed by atoms with Crippen molar-refractivity contribution in [2.24, 2.45) is 0 Å². The third kappa shape index (κ3) is 4.30. The Morgan fingerprint density at radius 2 is 1.86 bits per heavy atom.